The van der Waals surface area contributed by atoms with E-state index < -0.39 is 6.09 Å². The minimum Gasteiger partial charge on any atom is -0.464 e. The van der Waals surface area contributed by atoms with Gasteiger partial charge in [-0.3, -0.25) is 4.57 Å². The zero-order valence-corrected chi connectivity index (χ0v) is 13.5. The van der Waals surface area contributed by atoms with Gasteiger partial charge in [0.15, 0.2) is 0 Å². The van der Waals surface area contributed by atoms with E-state index in [0.717, 1.165) is 11.1 Å². The van der Waals surface area contributed by atoms with Crippen LogP contribution in [0.4, 0.5) is 4.79 Å². The molecule has 1 unspecified atom stereocenters. The number of carboxylic acid groups (broad SMARTS) is 1. The Labute approximate surface area is 144 Å². The molecule has 128 valence electrons. The molecule has 1 aliphatic carbocycles. The number of ether oxygens (including phenoxy) is 1. The lowest BCUT2D eigenvalue weighted by molar-refractivity contribution is 0.197. The van der Waals surface area contributed by atoms with Crippen LogP contribution in [0.2, 0.25) is 0 Å². The molecule has 0 aliphatic heterocycles. The van der Waals surface area contributed by atoms with E-state index in [-0.39, 0.29) is 5.92 Å². The fourth-order valence-electron chi connectivity index (χ4n) is 3.14. The number of rotatable bonds is 5. The van der Waals surface area contributed by atoms with Crippen molar-refractivity contribution < 1.29 is 14.6 Å². The highest BCUT2D eigenvalue weighted by molar-refractivity contribution is 5.89. The third-order valence-electron chi connectivity index (χ3n) is 4.58. The normalized spacial score (nSPS) is 15.2. The van der Waals surface area contributed by atoms with E-state index in [2.05, 4.69) is 9.97 Å². The SMILES string of the molecule is NCC(c1cc(Oc2ccc3c(ccn3C(=O)O)c2)ncn1)C1CC1. The molecular formula is C18H18N4O3. The van der Waals surface area contributed by atoms with Crippen molar-refractivity contribution in [2.24, 2.45) is 11.7 Å². The van der Waals surface area contributed by atoms with Crippen molar-refractivity contribution in [2.45, 2.75) is 18.8 Å². The van der Waals surface area contributed by atoms with Crippen LogP contribution in [0.5, 0.6) is 11.6 Å². The van der Waals surface area contributed by atoms with Crippen LogP contribution >= 0.6 is 0 Å². The van der Waals surface area contributed by atoms with E-state index in [9.17, 15) is 4.79 Å². The van der Waals surface area contributed by atoms with Crippen LogP contribution in [0.1, 0.15) is 24.5 Å². The van der Waals surface area contributed by atoms with Gasteiger partial charge in [0, 0.05) is 30.1 Å². The predicted octanol–water partition coefficient (Wildman–Crippen LogP) is 3.20. The molecule has 7 nitrogen and oxygen atoms in total. The molecule has 7 heteroatoms. The average molecular weight is 338 g/mol. The molecule has 1 aliphatic rings. The second-order valence-corrected chi connectivity index (χ2v) is 6.25. The summed E-state index contributed by atoms with van der Waals surface area (Å²) < 4.78 is 7.01. The Balaban J connectivity index is 1.59. The Morgan fingerprint density at radius 1 is 1.32 bits per heavy atom. The molecule has 0 radical (unpaired) electrons. The van der Waals surface area contributed by atoms with E-state index in [1.54, 1.807) is 24.3 Å². The minimum absolute atomic E-state index is 0.248. The van der Waals surface area contributed by atoms with Gasteiger partial charge in [-0.2, -0.15) is 0 Å². The lowest BCUT2D eigenvalue weighted by Crippen LogP contribution is -2.15. The largest absolute Gasteiger partial charge is 0.464 e. The number of nitrogens with two attached hydrogens (primary N) is 1. The fraction of sp³-hybridized carbons (Fsp3) is 0.278. The van der Waals surface area contributed by atoms with E-state index in [1.807, 2.05) is 6.07 Å². The topological polar surface area (TPSA) is 103 Å². The molecule has 25 heavy (non-hydrogen) atoms. The van der Waals surface area contributed by atoms with Gasteiger partial charge in [0.1, 0.15) is 12.1 Å². The Hall–Kier alpha value is -2.93. The van der Waals surface area contributed by atoms with Crippen molar-refractivity contribution >= 4 is 17.0 Å². The van der Waals surface area contributed by atoms with Crippen molar-refractivity contribution in [3.63, 3.8) is 0 Å². The number of hydrogen-bond acceptors (Lipinski definition) is 5. The second kappa shape index (κ2) is 6.18. The maximum atomic E-state index is 11.1. The Morgan fingerprint density at radius 2 is 2.16 bits per heavy atom. The molecule has 2 heterocycles. The van der Waals surface area contributed by atoms with Crippen molar-refractivity contribution in [3.8, 4) is 11.6 Å². The summed E-state index contributed by atoms with van der Waals surface area (Å²) in [4.78, 5) is 19.7. The summed E-state index contributed by atoms with van der Waals surface area (Å²) in [6.07, 6.45) is 4.38. The highest BCUT2D eigenvalue weighted by Crippen LogP contribution is 2.41. The Kier molecular flexibility index (Phi) is 3.85. The van der Waals surface area contributed by atoms with E-state index in [0.29, 0.717) is 29.6 Å². The first-order chi connectivity index (χ1) is 12.2. The minimum atomic E-state index is -1.02. The van der Waals surface area contributed by atoms with Crippen LogP contribution in [0.3, 0.4) is 0 Å². The molecule has 2 aromatic heterocycles. The number of nitrogens with zero attached hydrogens (tertiary/aromatic N) is 3. The number of benzene rings is 1. The van der Waals surface area contributed by atoms with Gasteiger partial charge >= 0.3 is 6.09 Å². The summed E-state index contributed by atoms with van der Waals surface area (Å²) in [5.74, 6) is 1.91. The van der Waals surface area contributed by atoms with Gasteiger partial charge < -0.3 is 15.6 Å². The van der Waals surface area contributed by atoms with Crippen molar-refractivity contribution in [2.75, 3.05) is 6.54 Å². The Bertz CT molecular complexity index is 933. The molecule has 4 rings (SSSR count). The van der Waals surface area contributed by atoms with Gasteiger partial charge in [0.2, 0.25) is 5.88 Å². The summed E-state index contributed by atoms with van der Waals surface area (Å²) in [5, 5.41) is 9.92. The van der Waals surface area contributed by atoms with Crippen molar-refractivity contribution in [1.82, 2.24) is 14.5 Å². The summed E-state index contributed by atoms with van der Waals surface area (Å²) in [6, 6.07) is 8.80. The first kappa shape index (κ1) is 15.6. The third-order valence-corrected chi connectivity index (χ3v) is 4.58. The van der Waals surface area contributed by atoms with Gasteiger partial charge in [0.05, 0.1) is 11.2 Å². The third kappa shape index (κ3) is 3.06. The van der Waals surface area contributed by atoms with Crippen molar-refractivity contribution in [3.05, 3.63) is 48.5 Å². The lowest BCUT2D eigenvalue weighted by Gasteiger charge is -2.13. The monoisotopic (exact) mass is 338 g/mol. The molecule has 1 saturated carbocycles. The van der Waals surface area contributed by atoms with E-state index in [4.69, 9.17) is 15.6 Å². The second-order valence-electron chi connectivity index (χ2n) is 6.25. The highest BCUT2D eigenvalue weighted by Gasteiger charge is 2.32. The quantitative estimate of drug-likeness (QED) is 0.740. The Morgan fingerprint density at radius 3 is 2.88 bits per heavy atom. The summed E-state index contributed by atoms with van der Waals surface area (Å²) in [5.41, 5.74) is 7.41. The van der Waals surface area contributed by atoms with E-state index >= 15 is 0 Å². The average Bonchev–Trinajstić information content (AvgIpc) is 3.34. The van der Waals surface area contributed by atoms with Crippen LogP contribution in [-0.4, -0.2) is 32.3 Å². The summed E-state index contributed by atoms with van der Waals surface area (Å²) >= 11 is 0. The molecule has 0 spiro atoms. The van der Waals surface area contributed by atoms with Crippen LogP contribution in [-0.2, 0) is 0 Å². The van der Waals surface area contributed by atoms with Crippen LogP contribution in [0, 0.1) is 5.92 Å². The summed E-state index contributed by atoms with van der Waals surface area (Å²) in [7, 11) is 0. The molecule has 0 saturated heterocycles. The molecule has 0 amide bonds. The zero-order valence-electron chi connectivity index (χ0n) is 13.5. The number of aromatic nitrogens is 3. The van der Waals surface area contributed by atoms with Gasteiger partial charge in [-0.25, -0.2) is 14.8 Å². The van der Waals surface area contributed by atoms with E-state index in [1.165, 1.54) is 29.9 Å². The van der Waals surface area contributed by atoms with Gasteiger partial charge in [0.25, 0.3) is 0 Å². The molecule has 3 N–H and O–H groups in total. The van der Waals surface area contributed by atoms with Crippen LogP contribution < -0.4 is 10.5 Å². The maximum absolute atomic E-state index is 11.1. The standard InChI is InChI=1S/C18H18N4O3/c19-9-14(11-1-2-11)15-8-17(21-10-20-15)25-13-3-4-16-12(7-13)5-6-22(16)18(23)24/h3-8,10-11,14H,1-2,9,19H2,(H,23,24). The first-order valence-electron chi connectivity index (χ1n) is 8.20. The van der Waals surface area contributed by atoms with Crippen LogP contribution in [0.25, 0.3) is 10.9 Å². The molecule has 0 bridgehead atoms. The number of carbonyl (C=O) groups is 1. The summed E-state index contributed by atoms with van der Waals surface area (Å²) in [6.45, 7) is 0.565. The van der Waals surface area contributed by atoms with Crippen LogP contribution in [0.15, 0.2) is 42.9 Å². The fourth-order valence-corrected chi connectivity index (χ4v) is 3.14. The molecule has 3 aromatic rings. The molecule has 1 aromatic carbocycles. The molecule has 1 fully saturated rings. The number of fused-ring (bicyclic) bond motifs is 1. The van der Waals surface area contributed by atoms with Gasteiger partial charge in [-0.15, -0.1) is 0 Å². The zero-order chi connectivity index (χ0) is 17.4. The molecule has 1 atom stereocenters. The van der Waals surface area contributed by atoms with Crippen molar-refractivity contribution in [1.29, 1.82) is 0 Å². The van der Waals surface area contributed by atoms with Gasteiger partial charge in [-0.05, 0) is 43.0 Å². The first-order valence-corrected chi connectivity index (χ1v) is 8.20. The highest BCUT2D eigenvalue weighted by atomic mass is 16.5. The molecular weight excluding hydrogens is 320 g/mol. The maximum Gasteiger partial charge on any atom is 0.415 e. The smallest absolute Gasteiger partial charge is 0.415 e. The number of hydrogen-bond donors (Lipinski definition) is 2. The predicted molar refractivity (Wildman–Crippen MR) is 92.0 cm³/mol. The lowest BCUT2D eigenvalue weighted by atomic mass is 10.00. The van der Waals surface area contributed by atoms with Gasteiger partial charge in [-0.1, -0.05) is 0 Å².